The molecule has 0 aliphatic carbocycles. The summed E-state index contributed by atoms with van der Waals surface area (Å²) in [5.41, 5.74) is 9.28. The molecule has 19 heavy (non-hydrogen) atoms. The zero-order chi connectivity index (χ0) is 13.8. The fourth-order valence-corrected chi connectivity index (χ4v) is 2.42. The van der Waals surface area contributed by atoms with E-state index < -0.39 is 0 Å². The minimum absolute atomic E-state index is 0.649. The second-order valence-corrected chi connectivity index (χ2v) is 5.49. The van der Waals surface area contributed by atoms with E-state index in [1.54, 1.807) is 0 Å². The molecule has 3 heteroatoms. The summed E-state index contributed by atoms with van der Waals surface area (Å²) in [6.45, 7) is 4.83. The highest BCUT2D eigenvalue weighted by molar-refractivity contribution is 9.10. The Kier molecular flexibility index (Phi) is 4.61. The van der Waals surface area contributed by atoms with Crippen molar-refractivity contribution in [2.75, 3.05) is 6.54 Å². The SMILES string of the molecule is Cc1ccc(Oc2ccc(CCN)c(Br)c2)cc1C. The van der Waals surface area contributed by atoms with Crippen LogP contribution in [0.15, 0.2) is 40.9 Å². The Hall–Kier alpha value is -1.32. The van der Waals surface area contributed by atoms with Gasteiger partial charge in [-0.25, -0.2) is 0 Å². The van der Waals surface area contributed by atoms with Crippen LogP contribution in [0.2, 0.25) is 0 Å². The standard InChI is InChI=1S/C16H18BrNO/c1-11-3-5-14(9-12(11)2)19-15-6-4-13(7-8-18)16(17)10-15/h3-6,9-10H,7-8,18H2,1-2H3. The highest BCUT2D eigenvalue weighted by Crippen LogP contribution is 2.28. The molecule has 0 saturated heterocycles. The van der Waals surface area contributed by atoms with Gasteiger partial charge in [-0.3, -0.25) is 0 Å². The summed E-state index contributed by atoms with van der Waals surface area (Å²) >= 11 is 3.55. The van der Waals surface area contributed by atoms with Gasteiger partial charge in [0.2, 0.25) is 0 Å². The molecule has 0 bridgehead atoms. The number of halogens is 1. The van der Waals surface area contributed by atoms with E-state index in [2.05, 4.69) is 41.9 Å². The third-order valence-electron chi connectivity index (χ3n) is 3.15. The summed E-state index contributed by atoms with van der Waals surface area (Å²) in [6, 6.07) is 12.1. The Morgan fingerprint density at radius 3 is 2.32 bits per heavy atom. The van der Waals surface area contributed by atoms with E-state index in [0.29, 0.717) is 6.54 Å². The van der Waals surface area contributed by atoms with Crippen molar-refractivity contribution < 1.29 is 4.74 Å². The average Bonchev–Trinajstić information content (AvgIpc) is 2.37. The van der Waals surface area contributed by atoms with Gasteiger partial charge in [0.05, 0.1) is 0 Å². The fourth-order valence-electron chi connectivity index (χ4n) is 1.86. The van der Waals surface area contributed by atoms with E-state index in [1.165, 1.54) is 16.7 Å². The Labute approximate surface area is 122 Å². The van der Waals surface area contributed by atoms with Crippen LogP contribution in [0.4, 0.5) is 0 Å². The zero-order valence-electron chi connectivity index (χ0n) is 11.2. The predicted octanol–water partition coefficient (Wildman–Crippen LogP) is 4.36. The van der Waals surface area contributed by atoms with E-state index >= 15 is 0 Å². The Bertz CT molecular complexity index is 581. The molecule has 0 aromatic heterocycles. The average molecular weight is 320 g/mol. The second-order valence-electron chi connectivity index (χ2n) is 4.64. The lowest BCUT2D eigenvalue weighted by Crippen LogP contribution is -2.03. The van der Waals surface area contributed by atoms with E-state index in [9.17, 15) is 0 Å². The lowest BCUT2D eigenvalue weighted by atomic mass is 10.1. The lowest BCUT2D eigenvalue weighted by molar-refractivity contribution is 0.481. The molecule has 0 spiro atoms. The normalized spacial score (nSPS) is 10.5. The minimum Gasteiger partial charge on any atom is -0.457 e. The summed E-state index contributed by atoms with van der Waals surface area (Å²) in [4.78, 5) is 0. The van der Waals surface area contributed by atoms with Crippen molar-refractivity contribution in [1.82, 2.24) is 0 Å². The van der Waals surface area contributed by atoms with Crippen LogP contribution in [0.25, 0.3) is 0 Å². The number of benzene rings is 2. The molecule has 0 heterocycles. The smallest absolute Gasteiger partial charge is 0.128 e. The van der Waals surface area contributed by atoms with E-state index in [-0.39, 0.29) is 0 Å². The molecule has 0 saturated carbocycles. The van der Waals surface area contributed by atoms with Crippen molar-refractivity contribution in [2.45, 2.75) is 20.3 Å². The fraction of sp³-hybridized carbons (Fsp3) is 0.250. The molecule has 0 aliphatic rings. The Balaban J connectivity index is 2.19. The molecule has 0 unspecified atom stereocenters. The van der Waals surface area contributed by atoms with Crippen molar-refractivity contribution in [3.05, 3.63) is 57.6 Å². The molecular formula is C16H18BrNO. The van der Waals surface area contributed by atoms with Gasteiger partial charge in [-0.15, -0.1) is 0 Å². The number of rotatable bonds is 4. The maximum atomic E-state index is 5.87. The van der Waals surface area contributed by atoms with Crippen molar-refractivity contribution in [3.8, 4) is 11.5 Å². The first kappa shape index (κ1) is 14.1. The molecule has 2 aromatic rings. The maximum absolute atomic E-state index is 5.87. The first-order valence-corrected chi connectivity index (χ1v) is 7.13. The summed E-state index contributed by atoms with van der Waals surface area (Å²) in [5, 5.41) is 0. The highest BCUT2D eigenvalue weighted by Gasteiger charge is 2.04. The summed E-state index contributed by atoms with van der Waals surface area (Å²) < 4.78 is 6.91. The summed E-state index contributed by atoms with van der Waals surface area (Å²) in [5.74, 6) is 1.69. The monoisotopic (exact) mass is 319 g/mol. The number of nitrogens with two attached hydrogens (primary N) is 1. The van der Waals surface area contributed by atoms with Crippen LogP contribution in [-0.2, 0) is 6.42 Å². The zero-order valence-corrected chi connectivity index (χ0v) is 12.8. The first-order valence-electron chi connectivity index (χ1n) is 6.34. The maximum Gasteiger partial charge on any atom is 0.128 e. The third kappa shape index (κ3) is 3.58. The topological polar surface area (TPSA) is 35.2 Å². The third-order valence-corrected chi connectivity index (χ3v) is 3.89. The predicted molar refractivity (Wildman–Crippen MR) is 82.9 cm³/mol. The molecule has 100 valence electrons. The molecule has 0 radical (unpaired) electrons. The Morgan fingerprint density at radius 1 is 1.00 bits per heavy atom. The van der Waals surface area contributed by atoms with Gasteiger partial charge in [-0.05, 0) is 67.8 Å². The van der Waals surface area contributed by atoms with Gasteiger partial charge in [0, 0.05) is 4.47 Å². The van der Waals surface area contributed by atoms with Crippen molar-refractivity contribution >= 4 is 15.9 Å². The number of hydrogen-bond acceptors (Lipinski definition) is 2. The van der Waals surface area contributed by atoms with Gasteiger partial charge in [-0.1, -0.05) is 28.1 Å². The van der Waals surface area contributed by atoms with Crippen molar-refractivity contribution in [1.29, 1.82) is 0 Å². The number of ether oxygens (including phenoxy) is 1. The van der Waals surface area contributed by atoms with Gasteiger partial charge in [0.15, 0.2) is 0 Å². The summed E-state index contributed by atoms with van der Waals surface area (Å²) in [6.07, 6.45) is 0.866. The van der Waals surface area contributed by atoms with Gasteiger partial charge >= 0.3 is 0 Å². The van der Waals surface area contributed by atoms with Crippen LogP contribution in [0.5, 0.6) is 11.5 Å². The van der Waals surface area contributed by atoms with Crippen molar-refractivity contribution in [2.24, 2.45) is 5.73 Å². The first-order chi connectivity index (χ1) is 9.10. The molecule has 0 fully saturated rings. The van der Waals surface area contributed by atoms with Crippen LogP contribution in [0.3, 0.4) is 0 Å². The molecule has 2 nitrogen and oxygen atoms in total. The minimum atomic E-state index is 0.649. The van der Waals surface area contributed by atoms with Crippen LogP contribution in [0, 0.1) is 13.8 Å². The number of aryl methyl sites for hydroxylation is 2. The molecule has 0 amide bonds. The van der Waals surface area contributed by atoms with E-state index in [0.717, 1.165) is 22.4 Å². The van der Waals surface area contributed by atoms with E-state index in [1.807, 2.05) is 24.3 Å². The molecule has 2 aromatic carbocycles. The van der Waals surface area contributed by atoms with Crippen LogP contribution in [0.1, 0.15) is 16.7 Å². The molecule has 0 aliphatic heterocycles. The van der Waals surface area contributed by atoms with Crippen LogP contribution < -0.4 is 10.5 Å². The van der Waals surface area contributed by atoms with E-state index in [4.69, 9.17) is 10.5 Å². The second kappa shape index (κ2) is 6.22. The number of hydrogen-bond donors (Lipinski definition) is 1. The summed E-state index contributed by atoms with van der Waals surface area (Å²) in [7, 11) is 0. The van der Waals surface area contributed by atoms with Crippen LogP contribution >= 0.6 is 15.9 Å². The van der Waals surface area contributed by atoms with Crippen LogP contribution in [-0.4, -0.2) is 6.54 Å². The molecule has 2 rings (SSSR count). The highest BCUT2D eigenvalue weighted by atomic mass is 79.9. The van der Waals surface area contributed by atoms with Gasteiger partial charge in [0.25, 0.3) is 0 Å². The molecule has 2 N–H and O–H groups in total. The largest absolute Gasteiger partial charge is 0.457 e. The quantitative estimate of drug-likeness (QED) is 0.908. The van der Waals surface area contributed by atoms with Gasteiger partial charge in [-0.2, -0.15) is 0 Å². The van der Waals surface area contributed by atoms with Gasteiger partial charge in [0.1, 0.15) is 11.5 Å². The lowest BCUT2D eigenvalue weighted by Gasteiger charge is -2.10. The Morgan fingerprint density at radius 2 is 1.68 bits per heavy atom. The van der Waals surface area contributed by atoms with Crippen molar-refractivity contribution in [3.63, 3.8) is 0 Å². The molecular weight excluding hydrogens is 302 g/mol. The van der Waals surface area contributed by atoms with Gasteiger partial charge < -0.3 is 10.5 Å². The molecule has 0 atom stereocenters.